The zero-order chi connectivity index (χ0) is 7.49. The third-order valence-electron chi connectivity index (χ3n) is 1.08. The fourth-order valence-corrected chi connectivity index (χ4v) is 0.651. The SMILES string of the molecule is C=CCC(C)C(Cl)(Cl)Cl. The summed E-state index contributed by atoms with van der Waals surface area (Å²) in [6, 6.07) is 0. The van der Waals surface area contributed by atoms with Crippen molar-refractivity contribution in [1.82, 2.24) is 0 Å². The van der Waals surface area contributed by atoms with Crippen LogP contribution in [-0.4, -0.2) is 3.79 Å². The lowest BCUT2D eigenvalue weighted by Gasteiger charge is -2.17. The van der Waals surface area contributed by atoms with Gasteiger partial charge in [0.25, 0.3) is 0 Å². The van der Waals surface area contributed by atoms with Crippen molar-refractivity contribution in [3.8, 4) is 0 Å². The molecule has 0 spiro atoms. The number of rotatable bonds is 2. The van der Waals surface area contributed by atoms with Crippen molar-refractivity contribution in [1.29, 1.82) is 0 Å². The van der Waals surface area contributed by atoms with Crippen LogP contribution in [-0.2, 0) is 0 Å². The molecular weight excluding hydrogens is 178 g/mol. The summed E-state index contributed by atoms with van der Waals surface area (Å²) in [5.41, 5.74) is 0. The van der Waals surface area contributed by atoms with Gasteiger partial charge in [-0.2, -0.15) is 0 Å². The van der Waals surface area contributed by atoms with Gasteiger partial charge < -0.3 is 0 Å². The summed E-state index contributed by atoms with van der Waals surface area (Å²) in [5, 5.41) is 0. The molecule has 0 nitrogen and oxygen atoms in total. The van der Waals surface area contributed by atoms with Crippen molar-refractivity contribution in [2.24, 2.45) is 5.92 Å². The maximum absolute atomic E-state index is 5.55. The monoisotopic (exact) mass is 186 g/mol. The largest absolute Gasteiger partial charge is 0.193 e. The Hall–Kier alpha value is 0.610. The molecule has 3 heteroatoms. The highest BCUT2D eigenvalue weighted by Crippen LogP contribution is 2.36. The first kappa shape index (κ1) is 9.61. The molecule has 0 saturated heterocycles. The first-order valence-electron chi connectivity index (χ1n) is 2.66. The van der Waals surface area contributed by atoms with E-state index < -0.39 is 3.79 Å². The Morgan fingerprint density at radius 1 is 1.56 bits per heavy atom. The van der Waals surface area contributed by atoms with E-state index >= 15 is 0 Å². The van der Waals surface area contributed by atoms with Crippen molar-refractivity contribution in [3.05, 3.63) is 12.7 Å². The van der Waals surface area contributed by atoms with E-state index in [-0.39, 0.29) is 5.92 Å². The Morgan fingerprint density at radius 2 is 2.00 bits per heavy atom. The van der Waals surface area contributed by atoms with Gasteiger partial charge in [0.05, 0.1) is 0 Å². The van der Waals surface area contributed by atoms with Crippen LogP contribution in [0.4, 0.5) is 0 Å². The lowest BCUT2D eigenvalue weighted by molar-refractivity contribution is 0.608. The first-order valence-corrected chi connectivity index (χ1v) is 3.79. The van der Waals surface area contributed by atoms with E-state index in [4.69, 9.17) is 34.8 Å². The summed E-state index contributed by atoms with van der Waals surface area (Å²) in [6.07, 6.45) is 2.48. The normalized spacial score (nSPS) is 15.1. The van der Waals surface area contributed by atoms with E-state index in [1.165, 1.54) is 0 Å². The number of alkyl halides is 3. The van der Waals surface area contributed by atoms with Crippen LogP contribution < -0.4 is 0 Å². The van der Waals surface area contributed by atoms with Crippen LogP contribution in [0.25, 0.3) is 0 Å². The van der Waals surface area contributed by atoms with Crippen LogP contribution in [0.3, 0.4) is 0 Å². The molecule has 1 unspecified atom stereocenters. The van der Waals surface area contributed by atoms with Crippen molar-refractivity contribution < 1.29 is 0 Å². The second-order valence-corrected chi connectivity index (χ2v) is 4.34. The second kappa shape index (κ2) is 3.70. The fraction of sp³-hybridized carbons (Fsp3) is 0.667. The second-order valence-electron chi connectivity index (χ2n) is 1.97. The summed E-state index contributed by atoms with van der Waals surface area (Å²) in [7, 11) is 0. The topological polar surface area (TPSA) is 0 Å². The van der Waals surface area contributed by atoms with Gasteiger partial charge in [0.15, 0.2) is 3.79 Å². The molecule has 1 atom stereocenters. The van der Waals surface area contributed by atoms with Gasteiger partial charge in [-0.3, -0.25) is 0 Å². The third-order valence-corrected chi connectivity index (χ3v) is 2.20. The van der Waals surface area contributed by atoms with Gasteiger partial charge in [0.1, 0.15) is 0 Å². The highest BCUT2D eigenvalue weighted by Gasteiger charge is 2.26. The summed E-state index contributed by atoms with van der Waals surface area (Å²) in [6.45, 7) is 5.41. The number of hydrogen-bond acceptors (Lipinski definition) is 0. The van der Waals surface area contributed by atoms with Crippen LogP contribution in [0.1, 0.15) is 13.3 Å². The summed E-state index contributed by atoms with van der Waals surface area (Å²) in [4.78, 5) is 0. The minimum atomic E-state index is -1.14. The summed E-state index contributed by atoms with van der Waals surface area (Å²) < 4.78 is -1.14. The molecular formula is C6H9Cl3. The van der Waals surface area contributed by atoms with Gasteiger partial charge >= 0.3 is 0 Å². The number of allylic oxidation sites excluding steroid dienone is 1. The molecule has 0 aliphatic carbocycles. The molecule has 0 aromatic heterocycles. The lowest BCUT2D eigenvalue weighted by atomic mass is 10.1. The molecule has 0 aromatic carbocycles. The molecule has 0 aliphatic heterocycles. The van der Waals surface area contributed by atoms with Gasteiger partial charge in [0, 0.05) is 5.92 Å². The average Bonchev–Trinajstić information content (AvgIpc) is 1.64. The molecule has 0 amide bonds. The van der Waals surface area contributed by atoms with Gasteiger partial charge in [-0.15, -0.1) is 6.58 Å². The maximum Gasteiger partial charge on any atom is 0.193 e. The highest BCUT2D eigenvalue weighted by atomic mass is 35.6. The van der Waals surface area contributed by atoms with Crippen LogP contribution in [0.2, 0.25) is 0 Å². The van der Waals surface area contributed by atoms with Crippen molar-refractivity contribution in [2.45, 2.75) is 17.1 Å². The van der Waals surface area contributed by atoms with E-state index in [0.717, 1.165) is 6.42 Å². The summed E-state index contributed by atoms with van der Waals surface area (Å²) in [5.74, 6) is 0.0417. The molecule has 9 heavy (non-hydrogen) atoms. The third kappa shape index (κ3) is 4.07. The Balaban J connectivity index is 3.72. The van der Waals surface area contributed by atoms with Crippen LogP contribution >= 0.6 is 34.8 Å². The van der Waals surface area contributed by atoms with Crippen molar-refractivity contribution >= 4 is 34.8 Å². The van der Waals surface area contributed by atoms with Crippen molar-refractivity contribution in [3.63, 3.8) is 0 Å². The minimum Gasteiger partial charge on any atom is -0.103 e. The smallest absolute Gasteiger partial charge is 0.103 e. The molecule has 0 aromatic rings. The Labute approximate surface area is 70.8 Å². The number of hydrogen-bond donors (Lipinski definition) is 0. The Kier molecular flexibility index (Phi) is 3.95. The zero-order valence-corrected chi connectivity index (χ0v) is 7.47. The van der Waals surface area contributed by atoms with Gasteiger partial charge in [-0.05, 0) is 6.42 Å². The molecule has 0 bridgehead atoms. The molecule has 0 fully saturated rings. The average molecular weight is 187 g/mol. The van der Waals surface area contributed by atoms with E-state index in [0.29, 0.717) is 0 Å². The Bertz CT molecular complexity index is 93.0. The predicted molar refractivity (Wildman–Crippen MR) is 44.3 cm³/mol. The maximum atomic E-state index is 5.55. The zero-order valence-electron chi connectivity index (χ0n) is 5.20. The first-order chi connectivity index (χ1) is 3.98. The van der Waals surface area contributed by atoms with Crippen LogP contribution in [0.5, 0.6) is 0 Å². The van der Waals surface area contributed by atoms with Crippen LogP contribution in [0.15, 0.2) is 12.7 Å². The summed E-state index contributed by atoms with van der Waals surface area (Å²) >= 11 is 16.6. The van der Waals surface area contributed by atoms with E-state index in [9.17, 15) is 0 Å². The fourth-order valence-electron chi connectivity index (χ4n) is 0.384. The highest BCUT2D eigenvalue weighted by molar-refractivity contribution is 6.67. The van der Waals surface area contributed by atoms with Crippen LogP contribution in [0, 0.1) is 5.92 Å². The molecule has 0 heterocycles. The molecule has 0 aliphatic rings. The number of halogens is 3. The molecule has 0 N–H and O–H groups in total. The van der Waals surface area contributed by atoms with E-state index in [2.05, 4.69) is 6.58 Å². The van der Waals surface area contributed by atoms with E-state index in [1.54, 1.807) is 6.08 Å². The Morgan fingerprint density at radius 3 is 2.11 bits per heavy atom. The van der Waals surface area contributed by atoms with Gasteiger partial charge in [-0.25, -0.2) is 0 Å². The van der Waals surface area contributed by atoms with Gasteiger partial charge in [-0.1, -0.05) is 47.8 Å². The standard InChI is InChI=1S/C6H9Cl3/c1-3-4-5(2)6(7,8)9/h3,5H,1,4H2,2H3. The predicted octanol–water partition coefficient (Wildman–Crippen LogP) is 3.57. The molecule has 0 rings (SSSR count). The molecule has 0 saturated carbocycles. The minimum absolute atomic E-state index is 0.0417. The molecule has 0 radical (unpaired) electrons. The molecule has 54 valence electrons. The van der Waals surface area contributed by atoms with E-state index in [1.807, 2.05) is 6.92 Å². The van der Waals surface area contributed by atoms with Crippen molar-refractivity contribution in [2.75, 3.05) is 0 Å². The lowest BCUT2D eigenvalue weighted by Crippen LogP contribution is -2.14. The quantitative estimate of drug-likeness (QED) is 0.458. The van der Waals surface area contributed by atoms with Gasteiger partial charge in [0.2, 0.25) is 0 Å².